The number of nitrogens with zero attached hydrogens (tertiary/aromatic N) is 3. The lowest BCUT2D eigenvalue weighted by Crippen LogP contribution is -1.99. The van der Waals surface area contributed by atoms with Crippen LogP contribution in [0, 0.1) is 0 Å². The van der Waals surface area contributed by atoms with Crippen molar-refractivity contribution in [1.29, 1.82) is 0 Å². The molecule has 4 heteroatoms. The second-order valence-electron chi connectivity index (χ2n) is 2.74. The smallest absolute Gasteiger partial charge is 0.165 e. The lowest BCUT2D eigenvalue weighted by molar-refractivity contribution is -0.103. The van der Waals surface area contributed by atoms with E-state index < -0.39 is 0 Å². The maximum atomic E-state index is 10.7. The molecule has 0 aliphatic heterocycles. The molecule has 0 amide bonds. The van der Waals surface area contributed by atoms with Crippen LogP contribution >= 0.6 is 0 Å². The number of allylic oxidation sites excluding steroid dienone is 2. The standard InChI is InChI=1S/C9H11N3O.2C2H6/c1-4-12-9(10-6-11-12)8(5-13)7(2)3;2*1-2/h4-6H,1H2,2-3H3;2*1-2H3. The van der Waals surface area contributed by atoms with E-state index in [-0.39, 0.29) is 0 Å². The molecule has 0 N–H and O–H groups in total. The Balaban J connectivity index is 0. The van der Waals surface area contributed by atoms with Crippen molar-refractivity contribution >= 4 is 18.1 Å². The van der Waals surface area contributed by atoms with Crippen LogP contribution in [-0.2, 0) is 4.79 Å². The molecule has 0 unspecified atom stereocenters. The summed E-state index contributed by atoms with van der Waals surface area (Å²) in [6, 6.07) is 0. The average Bonchev–Trinajstić information content (AvgIpc) is 2.83. The minimum atomic E-state index is 0.532. The number of aldehydes is 1. The van der Waals surface area contributed by atoms with Gasteiger partial charge in [-0.25, -0.2) is 9.67 Å². The van der Waals surface area contributed by atoms with Crippen LogP contribution in [-0.4, -0.2) is 21.1 Å². The molecule has 1 aromatic heterocycles. The maximum Gasteiger partial charge on any atom is 0.165 e. The molecule has 0 aliphatic carbocycles. The van der Waals surface area contributed by atoms with Crippen molar-refractivity contribution in [2.45, 2.75) is 41.5 Å². The highest BCUT2D eigenvalue weighted by Crippen LogP contribution is 2.13. The minimum Gasteiger partial charge on any atom is -0.298 e. The maximum absolute atomic E-state index is 10.7. The SMILES string of the molecule is C=Cn1ncnc1C(C=O)=C(C)C.CC.CC. The van der Waals surface area contributed by atoms with Crippen molar-refractivity contribution in [2.75, 3.05) is 0 Å². The Hall–Kier alpha value is -1.71. The van der Waals surface area contributed by atoms with E-state index >= 15 is 0 Å². The second-order valence-corrected chi connectivity index (χ2v) is 2.74. The van der Waals surface area contributed by atoms with Gasteiger partial charge in [0.1, 0.15) is 6.33 Å². The Morgan fingerprint density at radius 1 is 1.29 bits per heavy atom. The fraction of sp³-hybridized carbons (Fsp3) is 0.462. The fourth-order valence-corrected chi connectivity index (χ4v) is 0.971. The zero-order valence-electron chi connectivity index (χ0n) is 11.7. The van der Waals surface area contributed by atoms with Gasteiger partial charge in [0, 0.05) is 6.20 Å². The number of hydrogen-bond acceptors (Lipinski definition) is 3. The molecule has 0 radical (unpaired) electrons. The topological polar surface area (TPSA) is 47.8 Å². The molecule has 0 aliphatic rings. The zero-order valence-corrected chi connectivity index (χ0v) is 11.7. The van der Waals surface area contributed by atoms with Crippen molar-refractivity contribution in [3.8, 4) is 0 Å². The molecule has 1 rings (SSSR count). The first-order valence-corrected chi connectivity index (χ1v) is 5.85. The molecule has 0 spiro atoms. The second kappa shape index (κ2) is 10.8. The zero-order chi connectivity index (χ0) is 13.8. The molecule has 4 nitrogen and oxygen atoms in total. The van der Waals surface area contributed by atoms with Gasteiger partial charge in [0.25, 0.3) is 0 Å². The predicted molar refractivity (Wildman–Crippen MR) is 73.4 cm³/mol. The highest BCUT2D eigenvalue weighted by molar-refractivity contribution is 6.06. The molecule has 0 saturated heterocycles. The van der Waals surface area contributed by atoms with Crippen molar-refractivity contribution in [3.05, 3.63) is 24.3 Å². The van der Waals surface area contributed by atoms with Crippen LogP contribution < -0.4 is 0 Å². The Kier molecular flexibility index (Phi) is 11.2. The minimum absolute atomic E-state index is 0.532. The molecule has 0 saturated carbocycles. The molecule has 0 bridgehead atoms. The van der Waals surface area contributed by atoms with E-state index in [1.54, 1.807) is 0 Å². The van der Waals surface area contributed by atoms with Gasteiger partial charge in [0.05, 0.1) is 5.57 Å². The van der Waals surface area contributed by atoms with Crippen LogP contribution in [0.2, 0.25) is 0 Å². The predicted octanol–water partition coefficient (Wildman–Crippen LogP) is 3.42. The summed E-state index contributed by atoms with van der Waals surface area (Å²) in [5, 5.41) is 3.88. The van der Waals surface area contributed by atoms with Gasteiger partial charge in [-0.2, -0.15) is 5.10 Å². The Labute approximate surface area is 104 Å². The molecule has 0 aromatic carbocycles. The van der Waals surface area contributed by atoms with Crippen molar-refractivity contribution < 1.29 is 4.79 Å². The normalized spacial score (nSPS) is 7.88. The van der Waals surface area contributed by atoms with E-state index in [4.69, 9.17) is 0 Å². The molecular formula is C13H23N3O. The molecule has 17 heavy (non-hydrogen) atoms. The van der Waals surface area contributed by atoms with Gasteiger partial charge in [-0.15, -0.1) is 0 Å². The van der Waals surface area contributed by atoms with Gasteiger partial charge in [-0.3, -0.25) is 4.79 Å². The van der Waals surface area contributed by atoms with Crippen LogP contribution in [0.5, 0.6) is 0 Å². The Morgan fingerprint density at radius 3 is 2.18 bits per heavy atom. The van der Waals surface area contributed by atoms with Crippen molar-refractivity contribution in [3.63, 3.8) is 0 Å². The Morgan fingerprint density at radius 2 is 1.82 bits per heavy atom. The molecule has 96 valence electrons. The summed E-state index contributed by atoms with van der Waals surface area (Å²) < 4.78 is 1.47. The van der Waals surface area contributed by atoms with Gasteiger partial charge < -0.3 is 0 Å². The van der Waals surface area contributed by atoms with Gasteiger partial charge in [-0.05, 0) is 13.8 Å². The highest BCUT2D eigenvalue weighted by Gasteiger charge is 2.08. The highest BCUT2D eigenvalue weighted by atomic mass is 16.1. The van der Waals surface area contributed by atoms with Gasteiger partial charge >= 0.3 is 0 Å². The van der Waals surface area contributed by atoms with Gasteiger partial charge in [0.2, 0.25) is 0 Å². The summed E-state index contributed by atoms with van der Waals surface area (Å²) in [4.78, 5) is 14.7. The number of carbonyl (C=O) groups excluding carboxylic acids is 1. The van der Waals surface area contributed by atoms with Gasteiger partial charge in [-0.1, -0.05) is 39.8 Å². The number of hydrogen-bond donors (Lipinski definition) is 0. The number of rotatable bonds is 3. The third-order valence-electron chi connectivity index (χ3n) is 1.64. The fourth-order valence-electron chi connectivity index (χ4n) is 0.971. The average molecular weight is 237 g/mol. The lowest BCUT2D eigenvalue weighted by Gasteiger charge is -2.00. The molecule has 1 heterocycles. The van der Waals surface area contributed by atoms with Crippen LogP contribution in [0.4, 0.5) is 0 Å². The largest absolute Gasteiger partial charge is 0.298 e. The summed E-state index contributed by atoms with van der Waals surface area (Å²) in [6.45, 7) is 15.3. The van der Waals surface area contributed by atoms with E-state index in [0.717, 1.165) is 11.9 Å². The van der Waals surface area contributed by atoms with Crippen LogP contribution in [0.1, 0.15) is 47.4 Å². The first-order chi connectivity index (χ1) is 8.20. The first-order valence-electron chi connectivity index (χ1n) is 5.85. The number of aromatic nitrogens is 3. The molecular weight excluding hydrogens is 214 g/mol. The van der Waals surface area contributed by atoms with E-state index in [2.05, 4.69) is 16.7 Å². The third kappa shape index (κ3) is 5.24. The summed E-state index contributed by atoms with van der Waals surface area (Å²) in [5.74, 6) is 0.532. The monoisotopic (exact) mass is 237 g/mol. The summed E-state index contributed by atoms with van der Waals surface area (Å²) in [5.41, 5.74) is 1.46. The Bertz CT molecular complexity index is 360. The van der Waals surface area contributed by atoms with E-state index in [9.17, 15) is 4.79 Å². The van der Waals surface area contributed by atoms with Crippen LogP contribution in [0.15, 0.2) is 18.5 Å². The third-order valence-corrected chi connectivity index (χ3v) is 1.64. The molecule has 0 atom stereocenters. The van der Waals surface area contributed by atoms with Crippen LogP contribution in [0.25, 0.3) is 11.8 Å². The summed E-state index contributed by atoms with van der Waals surface area (Å²) in [6.07, 6.45) is 3.68. The summed E-state index contributed by atoms with van der Waals surface area (Å²) >= 11 is 0. The quantitative estimate of drug-likeness (QED) is 0.597. The molecule has 0 fully saturated rings. The van der Waals surface area contributed by atoms with E-state index in [1.807, 2.05) is 41.5 Å². The van der Waals surface area contributed by atoms with E-state index in [0.29, 0.717) is 11.4 Å². The number of carbonyl (C=O) groups is 1. The van der Waals surface area contributed by atoms with E-state index in [1.165, 1.54) is 17.2 Å². The lowest BCUT2D eigenvalue weighted by atomic mass is 10.1. The van der Waals surface area contributed by atoms with Crippen molar-refractivity contribution in [2.24, 2.45) is 0 Å². The van der Waals surface area contributed by atoms with Gasteiger partial charge in [0.15, 0.2) is 12.1 Å². The van der Waals surface area contributed by atoms with Crippen molar-refractivity contribution in [1.82, 2.24) is 14.8 Å². The van der Waals surface area contributed by atoms with Crippen LogP contribution in [0.3, 0.4) is 0 Å². The first kappa shape index (κ1) is 17.7. The summed E-state index contributed by atoms with van der Waals surface area (Å²) in [7, 11) is 0. The molecule has 1 aromatic rings.